The molecule has 3 nitrogen and oxygen atoms in total. The predicted molar refractivity (Wildman–Crippen MR) is 201 cm³/mol. The van der Waals surface area contributed by atoms with Crippen molar-refractivity contribution in [3.8, 4) is 28.7 Å². The molecule has 0 spiro atoms. The number of benzene rings is 3. The lowest BCUT2D eigenvalue weighted by Crippen LogP contribution is -2.43. The predicted octanol–water partition coefficient (Wildman–Crippen LogP) is 11.9. The van der Waals surface area contributed by atoms with Crippen molar-refractivity contribution >= 4 is 49.0 Å². The molecule has 1 heterocycles. The van der Waals surface area contributed by atoms with Crippen molar-refractivity contribution in [3.63, 3.8) is 0 Å². The maximum atomic E-state index is 15.6. The van der Waals surface area contributed by atoms with Crippen LogP contribution in [0.15, 0.2) is 24.3 Å². The number of hydrogen-bond acceptors (Lipinski definition) is 3. The maximum Gasteiger partial charge on any atom is 0.206 e. The van der Waals surface area contributed by atoms with E-state index < -0.39 is 44.9 Å². The van der Waals surface area contributed by atoms with E-state index in [1.807, 2.05) is 24.3 Å². The van der Waals surface area contributed by atoms with Crippen molar-refractivity contribution in [3.05, 3.63) is 52.8 Å². The Balaban J connectivity index is 2.33. The summed E-state index contributed by atoms with van der Waals surface area (Å²) in [5, 5.41) is 1.68. The molecular formula is C40H51F3N2OSi2. The molecule has 0 fully saturated rings. The summed E-state index contributed by atoms with van der Waals surface area (Å²) in [7, 11) is -4.42. The average Bonchev–Trinajstić information content (AvgIpc) is 3.01. The molecule has 4 aromatic rings. The summed E-state index contributed by atoms with van der Waals surface area (Å²) >= 11 is 0. The number of nitrogens with zero attached hydrogens (tertiary/aromatic N) is 2. The zero-order valence-corrected chi connectivity index (χ0v) is 32.9. The first-order valence-electron chi connectivity index (χ1n) is 17.4. The van der Waals surface area contributed by atoms with Gasteiger partial charge in [-0.25, -0.2) is 18.7 Å². The van der Waals surface area contributed by atoms with Gasteiger partial charge in [0.25, 0.3) is 0 Å². The minimum atomic E-state index is -2.21. The van der Waals surface area contributed by atoms with Crippen LogP contribution in [0, 0.1) is 40.4 Å². The molecule has 0 amide bonds. The Hall–Kier alpha value is -3.34. The number of fused-ring (bicyclic) bond motifs is 3. The summed E-state index contributed by atoms with van der Waals surface area (Å²) < 4.78 is 51.3. The van der Waals surface area contributed by atoms with Crippen LogP contribution in [0.25, 0.3) is 32.8 Å². The molecule has 48 heavy (non-hydrogen) atoms. The van der Waals surface area contributed by atoms with Gasteiger partial charge in [-0.3, -0.25) is 0 Å². The second-order valence-electron chi connectivity index (χ2n) is 14.9. The summed E-state index contributed by atoms with van der Waals surface area (Å²) in [5.74, 6) is 2.24. The summed E-state index contributed by atoms with van der Waals surface area (Å²) in [4.78, 5) is 9.63. The molecule has 1 aromatic heterocycles. The second kappa shape index (κ2) is 14.3. The van der Waals surface area contributed by atoms with E-state index in [1.54, 1.807) is 6.92 Å². The van der Waals surface area contributed by atoms with Gasteiger partial charge in [-0.1, -0.05) is 119 Å². The quantitative estimate of drug-likeness (QED) is 0.0800. The average molecular weight is 689 g/mol. The van der Waals surface area contributed by atoms with Crippen molar-refractivity contribution in [1.82, 2.24) is 9.97 Å². The highest BCUT2D eigenvalue weighted by molar-refractivity contribution is 6.91. The van der Waals surface area contributed by atoms with Gasteiger partial charge in [0.2, 0.25) is 11.6 Å². The van der Waals surface area contributed by atoms with Crippen molar-refractivity contribution in [2.75, 3.05) is 6.61 Å². The fourth-order valence-corrected chi connectivity index (χ4v) is 18.8. The van der Waals surface area contributed by atoms with E-state index in [1.165, 1.54) is 0 Å². The van der Waals surface area contributed by atoms with Gasteiger partial charge in [0.1, 0.15) is 38.2 Å². The van der Waals surface area contributed by atoms with E-state index in [0.717, 1.165) is 10.8 Å². The summed E-state index contributed by atoms with van der Waals surface area (Å²) in [6.07, 6.45) is 0. The van der Waals surface area contributed by atoms with Gasteiger partial charge in [-0.15, -0.1) is 11.1 Å². The molecule has 0 N–H and O–H groups in total. The van der Waals surface area contributed by atoms with Crippen LogP contribution >= 0.6 is 0 Å². The first kappa shape index (κ1) is 37.5. The highest BCUT2D eigenvalue weighted by atomic mass is 28.3. The van der Waals surface area contributed by atoms with Crippen LogP contribution in [0.1, 0.15) is 101 Å². The molecule has 0 aliphatic rings. The minimum Gasteiger partial charge on any atom is -0.488 e. The smallest absolute Gasteiger partial charge is 0.206 e. The minimum absolute atomic E-state index is 0.0372. The molecule has 0 aliphatic carbocycles. The second-order valence-corrected chi connectivity index (χ2v) is 26.1. The van der Waals surface area contributed by atoms with Crippen molar-refractivity contribution in [2.45, 2.75) is 123 Å². The Bertz CT molecular complexity index is 1930. The Morgan fingerprint density at radius 1 is 0.562 bits per heavy atom. The Morgan fingerprint density at radius 2 is 0.938 bits per heavy atom. The van der Waals surface area contributed by atoms with Crippen LogP contribution in [-0.2, 0) is 0 Å². The van der Waals surface area contributed by atoms with Gasteiger partial charge in [0.05, 0.1) is 17.7 Å². The van der Waals surface area contributed by atoms with Gasteiger partial charge < -0.3 is 4.74 Å². The zero-order valence-electron chi connectivity index (χ0n) is 30.9. The topological polar surface area (TPSA) is 35.0 Å². The third kappa shape index (κ3) is 6.05. The monoisotopic (exact) mass is 688 g/mol. The third-order valence-electron chi connectivity index (χ3n) is 10.7. The van der Waals surface area contributed by atoms with Gasteiger partial charge in [0.15, 0.2) is 11.6 Å². The molecular weight excluding hydrogens is 638 g/mol. The summed E-state index contributed by atoms with van der Waals surface area (Å²) in [6, 6.07) is 7.90. The SMILES string of the molecule is CCOc1c(F)c(F)c(F)c2nc3c(C#C[Si](C(C)C)(C(C)C)C(C)C)c4ccccc4c(C#C[Si](C(C)C)(C(C)C)C(C)C)c3nc12. The molecule has 4 rings (SSSR count). The van der Waals surface area contributed by atoms with Crippen molar-refractivity contribution in [2.24, 2.45) is 0 Å². The summed E-state index contributed by atoms with van der Waals surface area (Å²) in [5.41, 5.74) is 11.3. The number of ether oxygens (including phenoxy) is 1. The number of halogens is 3. The molecule has 0 saturated heterocycles. The molecule has 256 valence electrons. The van der Waals surface area contributed by atoms with Crippen LogP contribution in [-0.4, -0.2) is 32.7 Å². The first-order valence-corrected chi connectivity index (χ1v) is 21.9. The Labute approximate surface area is 287 Å². The van der Waals surface area contributed by atoms with E-state index in [2.05, 4.69) is 106 Å². The molecule has 0 saturated carbocycles. The zero-order chi connectivity index (χ0) is 35.9. The molecule has 8 heteroatoms. The lowest BCUT2D eigenvalue weighted by molar-refractivity contribution is 0.314. The normalized spacial score (nSPS) is 12.6. The number of aromatic nitrogens is 2. The van der Waals surface area contributed by atoms with E-state index in [0.29, 0.717) is 55.4 Å². The number of hydrogen-bond donors (Lipinski definition) is 0. The largest absolute Gasteiger partial charge is 0.488 e. The van der Waals surface area contributed by atoms with Crippen LogP contribution in [0.2, 0.25) is 33.2 Å². The molecule has 0 bridgehead atoms. The third-order valence-corrected chi connectivity index (χ3v) is 23.3. The van der Waals surface area contributed by atoms with Crippen molar-refractivity contribution < 1.29 is 17.9 Å². The van der Waals surface area contributed by atoms with Crippen molar-refractivity contribution in [1.29, 1.82) is 0 Å². The molecule has 0 unspecified atom stereocenters. The Kier molecular flexibility index (Phi) is 11.1. The molecule has 0 atom stereocenters. The van der Waals surface area contributed by atoms with E-state index in [4.69, 9.17) is 14.7 Å². The molecule has 0 radical (unpaired) electrons. The van der Waals surface area contributed by atoms with Crippen LogP contribution in [0.4, 0.5) is 13.2 Å². The standard InChI is InChI=1S/C40H51F3N2OSi2/c1-14-46-40-35(43)33(41)34(42)38-39(40)45-37-32(20-22-48(26(8)9,27(10)11)28(12)13)30-18-16-15-17-29(30)31(36(37)44-38)19-21-47(23(2)3,24(4)5)25(6)7/h15-18,23-28H,14H2,1-13H3. The van der Waals surface area contributed by atoms with Gasteiger partial charge in [0, 0.05) is 10.8 Å². The fourth-order valence-electron chi connectivity index (χ4n) is 8.41. The lowest BCUT2D eigenvalue weighted by Gasteiger charge is -2.38. The van der Waals surface area contributed by atoms with Gasteiger partial charge in [-0.2, -0.15) is 4.39 Å². The van der Waals surface area contributed by atoms with Crippen LogP contribution in [0.5, 0.6) is 5.75 Å². The van der Waals surface area contributed by atoms with Gasteiger partial charge >= 0.3 is 0 Å². The van der Waals surface area contributed by atoms with E-state index in [9.17, 15) is 4.39 Å². The van der Waals surface area contributed by atoms with E-state index in [-0.39, 0.29) is 12.1 Å². The van der Waals surface area contributed by atoms with Crippen LogP contribution < -0.4 is 4.74 Å². The first-order chi connectivity index (χ1) is 22.5. The van der Waals surface area contributed by atoms with Crippen LogP contribution in [0.3, 0.4) is 0 Å². The maximum absolute atomic E-state index is 15.6. The lowest BCUT2D eigenvalue weighted by atomic mass is 9.97. The number of rotatable bonds is 8. The molecule has 3 aromatic carbocycles. The molecule has 0 aliphatic heterocycles. The Morgan fingerprint density at radius 3 is 1.29 bits per heavy atom. The fraction of sp³-hybridized carbons (Fsp3) is 0.500. The highest BCUT2D eigenvalue weighted by Crippen LogP contribution is 2.43. The van der Waals surface area contributed by atoms with E-state index >= 15 is 8.78 Å². The summed E-state index contributed by atoms with van der Waals surface area (Å²) in [6.45, 7) is 28.7. The van der Waals surface area contributed by atoms with Gasteiger partial charge in [-0.05, 0) is 40.2 Å². The highest BCUT2D eigenvalue weighted by Gasteiger charge is 2.43.